The maximum atomic E-state index is 5.42. The Hall–Kier alpha value is -2.80. The van der Waals surface area contributed by atoms with Crippen molar-refractivity contribution in [2.24, 2.45) is 0 Å². The van der Waals surface area contributed by atoms with E-state index in [9.17, 15) is 0 Å². The maximum Gasteiger partial charge on any atom is 0.278 e. The molecular formula is C21H25N5O2. The molecule has 28 heavy (non-hydrogen) atoms. The molecule has 3 heterocycles. The predicted octanol–water partition coefficient (Wildman–Crippen LogP) is 3.53. The van der Waals surface area contributed by atoms with Crippen LogP contribution < -0.4 is 4.74 Å². The fourth-order valence-corrected chi connectivity index (χ4v) is 3.75. The molecule has 1 saturated heterocycles. The van der Waals surface area contributed by atoms with Crippen LogP contribution in [0, 0.1) is 13.8 Å². The van der Waals surface area contributed by atoms with Gasteiger partial charge in [0.05, 0.1) is 13.3 Å². The van der Waals surface area contributed by atoms with Gasteiger partial charge in [-0.2, -0.15) is 4.98 Å². The summed E-state index contributed by atoms with van der Waals surface area (Å²) in [5.74, 6) is 2.49. The Balaban J connectivity index is 1.38. The van der Waals surface area contributed by atoms with Crippen LogP contribution in [-0.4, -0.2) is 45.2 Å². The Bertz CT molecular complexity index is 933. The molecule has 0 N–H and O–H groups in total. The van der Waals surface area contributed by atoms with E-state index < -0.39 is 0 Å². The van der Waals surface area contributed by atoms with Crippen LogP contribution in [0.25, 0.3) is 11.6 Å². The molecule has 0 aliphatic carbocycles. The molecule has 0 spiro atoms. The van der Waals surface area contributed by atoms with Gasteiger partial charge in [0, 0.05) is 24.9 Å². The number of nitrogens with zero attached hydrogens (tertiary/aromatic N) is 5. The van der Waals surface area contributed by atoms with E-state index in [-0.39, 0.29) is 0 Å². The lowest BCUT2D eigenvalue weighted by Gasteiger charge is -2.31. The van der Waals surface area contributed by atoms with Gasteiger partial charge in [-0.15, -0.1) is 0 Å². The largest absolute Gasteiger partial charge is 0.496 e. The summed E-state index contributed by atoms with van der Waals surface area (Å²) in [4.78, 5) is 15.3. The topological polar surface area (TPSA) is 77.2 Å². The summed E-state index contributed by atoms with van der Waals surface area (Å²) < 4.78 is 10.8. The average molecular weight is 379 g/mol. The minimum absolute atomic E-state index is 0.323. The van der Waals surface area contributed by atoms with Gasteiger partial charge in [-0.1, -0.05) is 11.2 Å². The second-order valence-corrected chi connectivity index (χ2v) is 7.28. The highest BCUT2D eigenvalue weighted by Gasteiger charge is 2.25. The molecule has 0 atom stereocenters. The van der Waals surface area contributed by atoms with Gasteiger partial charge in [0.2, 0.25) is 0 Å². The smallest absolute Gasteiger partial charge is 0.278 e. The number of aromatic nitrogens is 4. The summed E-state index contributed by atoms with van der Waals surface area (Å²) >= 11 is 0. The van der Waals surface area contributed by atoms with Gasteiger partial charge in [0.25, 0.3) is 5.89 Å². The molecule has 1 aliphatic heterocycles. The molecule has 1 fully saturated rings. The van der Waals surface area contributed by atoms with Gasteiger partial charge < -0.3 is 9.26 Å². The zero-order chi connectivity index (χ0) is 19.5. The van der Waals surface area contributed by atoms with E-state index in [2.05, 4.69) is 51.0 Å². The van der Waals surface area contributed by atoms with Crippen molar-refractivity contribution in [3.8, 4) is 17.3 Å². The SMILES string of the molecule is COc1ccc(CN2CCC(c3noc(-c4cnccn4)n3)CC2)c(C)c1C. The molecule has 146 valence electrons. The fraction of sp³-hybridized carbons (Fsp3) is 0.429. The highest BCUT2D eigenvalue weighted by Crippen LogP contribution is 2.30. The molecule has 0 radical (unpaired) electrons. The van der Waals surface area contributed by atoms with Crippen LogP contribution in [-0.2, 0) is 6.54 Å². The minimum Gasteiger partial charge on any atom is -0.496 e. The van der Waals surface area contributed by atoms with E-state index >= 15 is 0 Å². The lowest BCUT2D eigenvalue weighted by molar-refractivity contribution is 0.200. The normalized spacial score (nSPS) is 15.7. The van der Waals surface area contributed by atoms with Crippen molar-refractivity contribution in [2.45, 2.75) is 39.2 Å². The third-order valence-electron chi connectivity index (χ3n) is 5.64. The van der Waals surface area contributed by atoms with E-state index in [1.165, 1.54) is 16.7 Å². The van der Waals surface area contributed by atoms with Crippen molar-refractivity contribution in [2.75, 3.05) is 20.2 Å². The second-order valence-electron chi connectivity index (χ2n) is 7.28. The van der Waals surface area contributed by atoms with Gasteiger partial charge in [-0.25, -0.2) is 4.98 Å². The molecule has 7 heteroatoms. The van der Waals surface area contributed by atoms with Crippen LogP contribution >= 0.6 is 0 Å². The second kappa shape index (κ2) is 8.06. The van der Waals surface area contributed by atoms with Crippen LogP contribution in [0.3, 0.4) is 0 Å². The first-order chi connectivity index (χ1) is 13.7. The third-order valence-corrected chi connectivity index (χ3v) is 5.64. The van der Waals surface area contributed by atoms with E-state index in [0.717, 1.165) is 44.0 Å². The number of likely N-dealkylation sites (tertiary alicyclic amines) is 1. The Morgan fingerprint density at radius 1 is 1.14 bits per heavy atom. The van der Waals surface area contributed by atoms with Crippen molar-refractivity contribution in [3.05, 3.63) is 53.2 Å². The van der Waals surface area contributed by atoms with E-state index in [1.54, 1.807) is 25.7 Å². The Kier molecular flexibility index (Phi) is 5.34. The van der Waals surface area contributed by atoms with E-state index in [0.29, 0.717) is 17.5 Å². The number of benzene rings is 1. The summed E-state index contributed by atoms with van der Waals surface area (Å²) in [6.07, 6.45) is 6.93. The summed E-state index contributed by atoms with van der Waals surface area (Å²) in [7, 11) is 1.72. The Morgan fingerprint density at radius 2 is 1.96 bits per heavy atom. The lowest BCUT2D eigenvalue weighted by atomic mass is 9.95. The summed E-state index contributed by atoms with van der Waals surface area (Å²) in [6, 6.07) is 4.25. The molecule has 1 aromatic carbocycles. The molecule has 0 unspecified atom stereocenters. The molecule has 7 nitrogen and oxygen atoms in total. The molecule has 0 amide bonds. The fourth-order valence-electron chi connectivity index (χ4n) is 3.75. The van der Waals surface area contributed by atoms with Gasteiger partial charge in [0.1, 0.15) is 11.4 Å². The monoisotopic (exact) mass is 379 g/mol. The van der Waals surface area contributed by atoms with Crippen LogP contribution in [0.2, 0.25) is 0 Å². The molecule has 0 bridgehead atoms. The van der Waals surface area contributed by atoms with Crippen molar-refractivity contribution >= 4 is 0 Å². The number of rotatable bonds is 5. The zero-order valence-electron chi connectivity index (χ0n) is 16.6. The highest BCUT2D eigenvalue weighted by molar-refractivity contribution is 5.44. The van der Waals surface area contributed by atoms with E-state index in [4.69, 9.17) is 9.26 Å². The number of hydrogen-bond donors (Lipinski definition) is 0. The molecular weight excluding hydrogens is 354 g/mol. The average Bonchev–Trinajstić information content (AvgIpc) is 3.23. The van der Waals surface area contributed by atoms with Gasteiger partial charge in [0.15, 0.2) is 5.82 Å². The first kappa shape index (κ1) is 18.6. The minimum atomic E-state index is 0.323. The number of methoxy groups -OCH3 is 1. The summed E-state index contributed by atoms with van der Waals surface area (Å²) in [5.41, 5.74) is 4.51. The van der Waals surface area contributed by atoms with Gasteiger partial charge in [-0.3, -0.25) is 9.88 Å². The zero-order valence-corrected chi connectivity index (χ0v) is 16.6. The lowest BCUT2D eigenvalue weighted by Crippen LogP contribution is -2.33. The first-order valence-corrected chi connectivity index (χ1v) is 9.61. The van der Waals surface area contributed by atoms with Crippen molar-refractivity contribution in [1.29, 1.82) is 0 Å². The molecule has 3 aromatic rings. The molecule has 4 rings (SSSR count). The quantitative estimate of drug-likeness (QED) is 0.671. The maximum absolute atomic E-state index is 5.42. The standard InChI is InChI=1S/C21H25N5O2/c1-14-15(2)19(27-3)5-4-17(14)13-26-10-6-16(7-11-26)20-24-21(28-25-20)18-12-22-8-9-23-18/h4-5,8-9,12,16H,6-7,10-11,13H2,1-3H3. The molecule has 0 saturated carbocycles. The summed E-state index contributed by atoms with van der Waals surface area (Å²) in [5, 5.41) is 4.18. The van der Waals surface area contributed by atoms with Crippen LogP contribution in [0.4, 0.5) is 0 Å². The van der Waals surface area contributed by atoms with Crippen molar-refractivity contribution in [1.82, 2.24) is 25.0 Å². The number of ether oxygens (including phenoxy) is 1. The van der Waals surface area contributed by atoms with Crippen LogP contribution in [0.5, 0.6) is 5.75 Å². The number of piperidine rings is 1. The Labute approximate surface area is 164 Å². The van der Waals surface area contributed by atoms with Crippen molar-refractivity contribution < 1.29 is 9.26 Å². The van der Waals surface area contributed by atoms with Crippen LogP contribution in [0.15, 0.2) is 35.2 Å². The van der Waals surface area contributed by atoms with E-state index in [1.807, 2.05) is 0 Å². The highest BCUT2D eigenvalue weighted by atomic mass is 16.5. The third kappa shape index (κ3) is 3.75. The van der Waals surface area contributed by atoms with Gasteiger partial charge in [-0.05, 0) is 62.5 Å². The Morgan fingerprint density at radius 3 is 2.68 bits per heavy atom. The summed E-state index contributed by atoms with van der Waals surface area (Å²) in [6.45, 7) is 7.29. The molecule has 1 aliphatic rings. The van der Waals surface area contributed by atoms with Crippen LogP contribution in [0.1, 0.15) is 41.3 Å². The molecule has 2 aromatic heterocycles. The number of hydrogen-bond acceptors (Lipinski definition) is 7. The van der Waals surface area contributed by atoms with Gasteiger partial charge >= 0.3 is 0 Å². The predicted molar refractivity (Wildman–Crippen MR) is 105 cm³/mol. The first-order valence-electron chi connectivity index (χ1n) is 9.61. The van der Waals surface area contributed by atoms with Crippen molar-refractivity contribution in [3.63, 3.8) is 0 Å².